The number of aromatic nitrogens is 1. The standard InChI is InChI=1S/C25H21F3N4O5S2/c1-37-24(36)17(12-31-21(33)18-6-3-9-38-18)32-23(35)20-15(25(26,27)28)10-19(39-20)22(34)30-11-13-4-2-5-16-14(13)7-8-29-16/h2-10,17,29H,11-12H2,1H3,(H,30,34)(H,31,33)(H,32,35). The first-order valence-corrected chi connectivity index (χ1v) is 13.0. The van der Waals surface area contributed by atoms with Gasteiger partial charge in [0, 0.05) is 30.2 Å². The molecule has 0 saturated carbocycles. The van der Waals surface area contributed by atoms with Gasteiger partial charge < -0.3 is 25.7 Å². The molecule has 204 valence electrons. The number of benzene rings is 1. The second-order valence-electron chi connectivity index (χ2n) is 8.13. The van der Waals surface area contributed by atoms with Gasteiger partial charge in [0.05, 0.1) is 22.4 Å². The highest BCUT2D eigenvalue weighted by molar-refractivity contribution is 7.16. The molecular formula is C25H21F3N4O5S2. The zero-order valence-electron chi connectivity index (χ0n) is 20.2. The molecule has 9 nitrogen and oxygen atoms in total. The van der Waals surface area contributed by atoms with Crippen molar-refractivity contribution in [3.63, 3.8) is 0 Å². The minimum Gasteiger partial charge on any atom is -0.467 e. The Morgan fingerprint density at radius 1 is 1.00 bits per heavy atom. The van der Waals surface area contributed by atoms with Gasteiger partial charge in [0.15, 0.2) is 0 Å². The topological polar surface area (TPSA) is 129 Å². The number of aromatic amines is 1. The summed E-state index contributed by atoms with van der Waals surface area (Å²) < 4.78 is 46.0. The summed E-state index contributed by atoms with van der Waals surface area (Å²) in [4.78, 5) is 52.3. The summed E-state index contributed by atoms with van der Waals surface area (Å²) >= 11 is 1.48. The van der Waals surface area contributed by atoms with E-state index in [0.717, 1.165) is 34.9 Å². The molecule has 1 unspecified atom stereocenters. The molecule has 0 aliphatic heterocycles. The second-order valence-corrected chi connectivity index (χ2v) is 10.1. The zero-order chi connectivity index (χ0) is 28.2. The van der Waals surface area contributed by atoms with Crippen molar-refractivity contribution < 1.29 is 37.1 Å². The van der Waals surface area contributed by atoms with Crippen LogP contribution in [0.4, 0.5) is 13.2 Å². The third-order valence-electron chi connectivity index (χ3n) is 5.59. The molecule has 0 radical (unpaired) electrons. The molecule has 39 heavy (non-hydrogen) atoms. The first kappa shape index (κ1) is 27.9. The number of methoxy groups -OCH3 is 1. The van der Waals surface area contributed by atoms with Crippen molar-refractivity contribution in [2.24, 2.45) is 0 Å². The average Bonchev–Trinajstić information content (AvgIpc) is 3.68. The summed E-state index contributed by atoms with van der Waals surface area (Å²) in [5.41, 5.74) is 0.259. The van der Waals surface area contributed by atoms with Gasteiger partial charge in [-0.1, -0.05) is 18.2 Å². The second kappa shape index (κ2) is 11.7. The van der Waals surface area contributed by atoms with Crippen molar-refractivity contribution in [1.29, 1.82) is 0 Å². The smallest absolute Gasteiger partial charge is 0.418 e. The van der Waals surface area contributed by atoms with E-state index in [1.165, 1.54) is 6.07 Å². The van der Waals surface area contributed by atoms with Crippen LogP contribution in [-0.4, -0.2) is 48.4 Å². The number of nitrogens with one attached hydrogen (secondary N) is 4. The molecule has 1 atom stereocenters. The maximum Gasteiger partial charge on any atom is 0.418 e. The summed E-state index contributed by atoms with van der Waals surface area (Å²) in [7, 11) is 1.03. The highest BCUT2D eigenvalue weighted by Gasteiger charge is 2.39. The lowest BCUT2D eigenvalue weighted by atomic mass is 10.1. The molecule has 3 heterocycles. The lowest BCUT2D eigenvalue weighted by Crippen LogP contribution is -2.49. The van der Waals surface area contributed by atoms with Gasteiger partial charge in [-0.05, 0) is 35.2 Å². The van der Waals surface area contributed by atoms with E-state index in [2.05, 4.69) is 25.7 Å². The number of alkyl halides is 3. The Bertz CT molecular complexity index is 1510. The number of hydrogen-bond donors (Lipinski definition) is 4. The first-order valence-electron chi connectivity index (χ1n) is 11.3. The van der Waals surface area contributed by atoms with Gasteiger partial charge in [-0.3, -0.25) is 14.4 Å². The Hall–Kier alpha value is -4.17. The number of H-pyrrole nitrogens is 1. The number of esters is 1. The van der Waals surface area contributed by atoms with E-state index in [4.69, 9.17) is 0 Å². The predicted octanol–water partition coefficient (Wildman–Crippen LogP) is 3.94. The van der Waals surface area contributed by atoms with Crippen molar-refractivity contribution in [3.8, 4) is 0 Å². The molecule has 3 aromatic heterocycles. The van der Waals surface area contributed by atoms with Gasteiger partial charge in [0.2, 0.25) is 0 Å². The number of ether oxygens (including phenoxy) is 1. The monoisotopic (exact) mass is 578 g/mol. The molecule has 4 aromatic rings. The highest BCUT2D eigenvalue weighted by Crippen LogP contribution is 2.37. The number of amides is 3. The van der Waals surface area contributed by atoms with E-state index in [9.17, 15) is 32.3 Å². The van der Waals surface area contributed by atoms with Crippen LogP contribution in [0.3, 0.4) is 0 Å². The van der Waals surface area contributed by atoms with E-state index in [1.54, 1.807) is 29.8 Å². The van der Waals surface area contributed by atoms with Gasteiger partial charge in [-0.2, -0.15) is 13.2 Å². The molecule has 14 heteroatoms. The van der Waals surface area contributed by atoms with Crippen LogP contribution in [0, 0.1) is 0 Å². The summed E-state index contributed by atoms with van der Waals surface area (Å²) in [5, 5.41) is 9.71. The maximum absolute atomic E-state index is 13.8. The third kappa shape index (κ3) is 6.46. The van der Waals surface area contributed by atoms with Gasteiger partial charge in [-0.15, -0.1) is 22.7 Å². The van der Waals surface area contributed by atoms with Crippen LogP contribution >= 0.6 is 22.7 Å². The molecule has 0 aliphatic carbocycles. The van der Waals surface area contributed by atoms with Crippen LogP contribution in [0.2, 0.25) is 0 Å². The van der Waals surface area contributed by atoms with Gasteiger partial charge >= 0.3 is 12.1 Å². The van der Waals surface area contributed by atoms with Crippen LogP contribution in [0.25, 0.3) is 10.9 Å². The summed E-state index contributed by atoms with van der Waals surface area (Å²) in [6, 6.07) is 9.50. The van der Waals surface area contributed by atoms with E-state index in [0.29, 0.717) is 22.3 Å². The first-order chi connectivity index (χ1) is 18.6. The van der Waals surface area contributed by atoms with Crippen molar-refractivity contribution in [2.75, 3.05) is 13.7 Å². The maximum atomic E-state index is 13.8. The fraction of sp³-hybridized carbons (Fsp3) is 0.200. The van der Waals surface area contributed by atoms with Crippen LogP contribution in [0.1, 0.15) is 40.1 Å². The minimum absolute atomic E-state index is 0.0448. The number of thiophene rings is 2. The predicted molar refractivity (Wildman–Crippen MR) is 139 cm³/mol. The quantitative estimate of drug-likeness (QED) is 0.224. The highest BCUT2D eigenvalue weighted by atomic mass is 32.1. The Kier molecular flexibility index (Phi) is 8.35. The van der Waals surface area contributed by atoms with E-state index < -0.39 is 52.9 Å². The molecule has 3 amide bonds. The van der Waals surface area contributed by atoms with Gasteiger partial charge in [-0.25, -0.2) is 4.79 Å². The molecule has 0 aliphatic rings. The molecule has 4 rings (SSSR count). The number of rotatable bonds is 9. The molecule has 0 saturated heterocycles. The number of halogens is 3. The lowest BCUT2D eigenvalue weighted by Gasteiger charge is -2.17. The van der Waals surface area contributed by atoms with Crippen LogP contribution in [-0.2, 0) is 22.3 Å². The largest absolute Gasteiger partial charge is 0.467 e. The SMILES string of the molecule is COC(=O)C(CNC(=O)c1cccs1)NC(=O)c1sc(C(=O)NCc2cccc3[nH]ccc23)cc1C(F)(F)F. The fourth-order valence-corrected chi connectivity index (χ4v) is 5.34. The number of hydrogen-bond acceptors (Lipinski definition) is 7. The summed E-state index contributed by atoms with van der Waals surface area (Å²) in [5.74, 6) is -3.56. The number of fused-ring (bicyclic) bond motifs is 1. The Morgan fingerprint density at radius 2 is 1.77 bits per heavy atom. The van der Waals surface area contributed by atoms with Crippen LogP contribution < -0.4 is 16.0 Å². The molecule has 0 bridgehead atoms. The Morgan fingerprint density at radius 3 is 2.46 bits per heavy atom. The molecule has 4 N–H and O–H groups in total. The van der Waals surface area contributed by atoms with Crippen LogP contribution in [0.5, 0.6) is 0 Å². The number of carbonyl (C=O) groups excluding carboxylic acids is 4. The average molecular weight is 579 g/mol. The summed E-state index contributed by atoms with van der Waals surface area (Å²) in [6.07, 6.45) is -3.22. The molecule has 0 fully saturated rings. The summed E-state index contributed by atoms with van der Waals surface area (Å²) in [6.45, 7) is -0.386. The minimum atomic E-state index is -4.95. The molecule has 0 spiro atoms. The van der Waals surface area contributed by atoms with E-state index >= 15 is 0 Å². The Labute approximate surface area is 227 Å². The van der Waals surface area contributed by atoms with Crippen molar-refractivity contribution in [3.05, 3.63) is 79.8 Å². The van der Waals surface area contributed by atoms with Crippen molar-refractivity contribution in [2.45, 2.75) is 18.8 Å². The van der Waals surface area contributed by atoms with Crippen LogP contribution in [0.15, 0.2) is 54.0 Å². The lowest BCUT2D eigenvalue weighted by molar-refractivity contribution is -0.142. The number of carbonyl (C=O) groups is 4. The fourth-order valence-electron chi connectivity index (χ4n) is 3.70. The van der Waals surface area contributed by atoms with E-state index in [1.807, 2.05) is 12.1 Å². The normalized spacial score (nSPS) is 12.1. The molecular weight excluding hydrogens is 557 g/mol. The third-order valence-corrected chi connectivity index (χ3v) is 7.60. The van der Waals surface area contributed by atoms with Gasteiger partial charge in [0.1, 0.15) is 10.9 Å². The molecule has 1 aromatic carbocycles. The van der Waals surface area contributed by atoms with Gasteiger partial charge in [0.25, 0.3) is 17.7 Å². The van der Waals surface area contributed by atoms with Crippen molar-refractivity contribution in [1.82, 2.24) is 20.9 Å². The van der Waals surface area contributed by atoms with E-state index in [-0.39, 0.29) is 11.4 Å². The van der Waals surface area contributed by atoms with Crippen molar-refractivity contribution >= 4 is 57.3 Å². The Balaban J connectivity index is 1.50. The zero-order valence-corrected chi connectivity index (χ0v) is 21.8.